The average molecular weight is 532 g/mol. The Hall–Kier alpha value is -3.74. The van der Waals surface area contributed by atoms with Gasteiger partial charge in [-0.1, -0.05) is 24.3 Å². The fourth-order valence-corrected chi connectivity index (χ4v) is 4.76. The molecule has 0 radical (unpaired) electrons. The number of alkyl carbamates (subject to hydrolysis) is 1. The lowest BCUT2D eigenvalue weighted by molar-refractivity contribution is 0.0523. The van der Waals surface area contributed by atoms with E-state index in [4.69, 9.17) is 19.4 Å². The zero-order chi connectivity index (χ0) is 27.6. The van der Waals surface area contributed by atoms with Gasteiger partial charge < -0.3 is 34.6 Å². The molecule has 1 unspecified atom stereocenters. The van der Waals surface area contributed by atoms with E-state index in [0.29, 0.717) is 62.4 Å². The molecule has 11 nitrogen and oxygen atoms in total. The molecule has 0 saturated carbocycles. The van der Waals surface area contributed by atoms with Gasteiger partial charge in [0.05, 0.1) is 18.9 Å². The normalized spacial score (nSPS) is 17.1. The summed E-state index contributed by atoms with van der Waals surface area (Å²) in [6, 6.07) is 11.4. The van der Waals surface area contributed by atoms with Crippen LogP contribution in [-0.2, 0) is 16.0 Å². The third kappa shape index (κ3) is 6.13. The first-order valence-corrected chi connectivity index (χ1v) is 13.0. The van der Waals surface area contributed by atoms with Crippen molar-refractivity contribution in [3.05, 3.63) is 59.9 Å². The number of pyridine rings is 1. The van der Waals surface area contributed by atoms with Crippen molar-refractivity contribution in [1.82, 2.24) is 20.3 Å². The topological polar surface area (TPSA) is 133 Å². The number of fused-ring (bicyclic) bond motifs is 1. The van der Waals surface area contributed by atoms with Crippen LogP contribution in [0, 0.1) is 0 Å². The van der Waals surface area contributed by atoms with E-state index in [2.05, 4.69) is 15.2 Å². The van der Waals surface area contributed by atoms with Gasteiger partial charge in [0.2, 0.25) is 5.95 Å². The predicted molar refractivity (Wildman–Crippen MR) is 148 cm³/mol. The molecule has 3 N–H and O–H groups in total. The lowest BCUT2D eigenvalue weighted by atomic mass is 9.69. The van der Waals surface area contributed by atoms with E-state index in [1.54, 1.807) is 12.4 Å². The number of rotatable bonds is 6. The molecule has 1 amide bonds. The average Bonchev–Trinajstić information content (AvgIpc) is 3.32. The van der Waals surface area contributed by atoms with Crippen molar-refractivity contribution in [3.8, 4) is 11.3 Å². The molecule has 2 aliphatic heterocycles. The molecule has 39 heavy (non-hydrogen) atoms. The highest BCUT2D eigenvalue weighted by atomic mass is 16.6. The fraction of sp³-hybridized carbons (Fsp3) is 0.407. The summed E-state index contributed by atoms with van der Waals surface area (Å²) in [7, 11) is -1.59. The number of nitrogens with one attached hydrogen (secondary N) is 1. The van der Waals surface area contributed by atoms with Crippen LogP contribution in [-0.4, -0.2) is 76.7 Å². The van der Waals surface area contributed by atoms with Crippen LogP contribution in [0.2, 0.25) is 0 Å². The second-order valence-electron chi connectivity index (χ2n) is 10.6. The summed E-state index contributed by atoms with van der Waals surface area (Å²) >= 11 is 0. The molecule has 1 aromatic carbocycles. The summed E-state index contributed by atoms with van der Waals surface area (Å²) in [5, 5.41) is 23.5. The Kier molecular flexibility index (Phi) is 7.69. The highest BCUT2D eigenvalue weighted by Gasteiger charge is 2.41. The highest BCUT2D eigenvalue weighted by molar-refractivity contribution is 6.44. The van der Waals surface area contributed by atoms with Crippen molar-refractivity contribution < 1.29 is 24.3 Å². The molecule has 12 heteroatoms. The number of hydrogen-bond donors (Lipinski definition) is 3. The molecule has 4 heterocycles. The van der Waals surface area contributed by atoms with Gasteiger partial charge in [0.15, 0.2) is 0 Å². The minimum atomic E-state index is -1.59. The van der Waals surface area contributed by atoms with Crippen molar-refractivity contribution >= 4 is 30.7 Å². The molecule has 204 valence electrons. The lowest BCUT2D eigenvalue weighted by Gasteiger charge is -2.28. The molecular formula is C27H33BN6O5. The van der Waals surface area contributed by atoms with Gasteiger partial charge in [0.25, 0.3) is 0 Å². The molecule has 0 spiro atoms. The van der Waals surface area contributed by atoms with Crippen molar-refractivity contribution in [2.45, 2.75) is 38.7 Å². The molecule has 5 rings (SSSR count). The van der Waals surface area contributed by atoms with Gasteiger partial charge in [-0.05, 0) is 38.5 Å². The third-order valence-electron chi connectivity index (χ3n) is 6.61. The molecule has 3 aromatic rings. The van der Waals surface area contributed by atoms with Crippen LogP contribution in [0.1, 0.15) is 37.7 Å². The van der Waals surface area contributed by atoms with Gasteiger partial charge in [-0.25, -0.2) is 9.78 Å². The highest BCUT2D eigenvalue weighted by Crippen LogP contribution is 2.45. The Balaban J connectivity index is 1.52. The minimum Gasteiger partial charge on any atom is -0.444 e. The third-order valence-corrected chi connectivity index (χ3v) is 6.61. The van der Waals surface area contributed by atoms with E-state index >= 15 is 0 Å². The van der Waals surface area contributed by atoms with E-state index in [0.717, 1.165) is 16.8 Å². The quantitative estimate of drug-likeness (QED) is 0.407. The fourth-order valence-electron chi connectivity index (χ4n) is 4.76. The number of carbonyl (C=O) groups excluding carboxylic acids is 1. The maximum atomic E-state index is 12.1. The first-order chi connectivity index (χ1) is 18.7. The number of amides is 1. The van der Waals surface area contributed by atoms with Crippen molar-refractivity contribution in [2.24, 2.45) is 0 Å². The number of anilines is 3. The predicted octanol–water partition coefficient (Wildman–Crippen LogP) is 2.65. The smallest absolute Gasteiger partial charge is 0.444 e. The van der Waals surface area contributed by atoms with Gasteiger partial charge in [-0.2, -0.15) is 4.98 Å². The maximum Gasteiger partial charge on any atom is 0.461 e. The van der Waals surface area contributed by atoms with Gasteiger partial charge in [-0.15, -0.1) is 0 Å². The van der Waals surface area contributed by atoms with Gasteiger partial charge in [0.1, 0.15) is 11.4 Å². The first-order valence-electron chi connectivity index (χ1n) is 13.0. The second kappa shape index (κ2) is 11.2. The van der Waals surface area contributed by atoms with Crippen molar-refractivity contribution in [1.29, 1.82) is 0 Å². The van der Waals surface area contributed by atoms with Crippen LogP contribution in [0.15, 0.2) is 48.8 Å². The molecule has 2 aromatic heterocycles. The van der Waals surface area contributed by atoms with E-state index in [1.807, 2.05) is 62.1 Å². The molecule has 1 saturated heterocycles. The van der Waals surface area contributed by atoms with E-state index in [1.165, 1.54) is 0 Å². The Morgan fingerprint density at radius 2 is 1.79 bits per heavy atom. The van der Waals surface area contributed by atoms with E-state index in [9.17, 15) is 14.8 Å². The second-order valence-corrected chi connectivity index (χ2v) is 10.6. The lowest BCUT2D eigenvalue weighted by Crippen LogP contribution is -2.37. The summed E-state index contributed by atoms with van der Waals surface area (Å²) in [6.07, 6.45) is 2.92. The SMILES string of the molecule is CC(C)(C)OC(=O)NCc1ccc(-c2nc(N3CCOCC3)nc3c2C(B(O)O)CN3c2ccncc2)cc1. The summed E-state index contributed by atoms with van der Waals surface area (Å²) < 4.78 is 10.8. The van der Waals surface area contributed by atoms with Gasteiger partial charge >= 0.3 is 13.2 Å². The molecule has 1 fully saturated rings. The largest absolute Gasteiger partial charge is 0.461 e. The van der Waals surface area contributed by atoms with Crippen LogP contribution < -0.4 is 15.1 Å². The zero-order valence-electron chi connectivity index (χ0n) is 22.4. The van der Waals surface area contributed by atoms with Gasteiger partial charge in [-0.3, -0.25) is 4.98 Å². The molecule has 1 atom stereocenters. The van der Waals surface area contributed by atoms with E-state index < -0.39 is 24.6 Å². The maximum absolute atomic E-state index is 12.1. The van der Waals surface area contributed by atoms with Gasteiger partial charge in [0, 0.05) is 61.2 Å². The van der Waals surface area contributed by atoms with Crippen molar-refractivity contribution in [2.75, 3.05) is 42.6 Å². The first kappa shape index (κ1) is 26.9. The zero-order valence-corrected chi connectivity index (χ0v) is 22.4. The van der Waals surface area contributed by atoms with Crippen molar-refractivity contribution in [3.63, 3.8) is 0 Å². The van der Waals surface area contributed by atoms with Crippen LogP contribution in [0.25, 0.3) is 11.3 Å². The Morgan fingerprint density at radius 3 is 2.44 bits per heavy atom. The standard InChI is InChI=1S/C27H33BN6O5/c1-27(2,3)39-26(35)30-16-18-4-6-19(7-5-18)23-22-21(28(36)37)17-34(20-8-10-29-11-9-20)24(22)32-25(31-23)33-12-14-38-15-13-33/h4-11,21,36-37H,12-17H2,1-3H3,(H,30,35). The summed E-state index contributed by atoms with van der Waals surface area (Å²) in [5.74, 6) is 0.590. The molecule has 0 aliphatic carbocycles. The molecule has 2 aliphatic rings. The van der Waals surface area contributed by atoms with Crippen LogP contribution in [0.3, 0.4) is 0 Å². The van der Waals surface area contributed by atoms with Crippen LogP contribution in [0.5, 0.6) is 0 Å². The molecular weight excluding hydrogens is 499 g/mol. The minimum absolute atomic E-state index is 0.309. The number of benzene rings is 1. The van der Waals surface area contributed by atoms with Crippen LogP contribution >= 0.6 is 0 Å². The van der Waals surface area contributed by atoms with E-state index in [-0.39, 0.29) is 0 Å². The number of ether oxygens (including phenoxy) is 2. The number of aromatic nitrogens is 3. The Labute approximate surface area is 228 Å². The van der Waals surface area contributed by atoms with Crippen LogP contribution in [0.4, 0.5) is 22.2 Å². The monoisotopic (exact) mass is 532 g/mol. The number of morpholine rings is 1. The summed E-state index contributed by atoms with van der Waals surface area (Å²) in [6.45, 7) is 8.59. The number of carbonyl (C=O) groups is 1. The summed E-state index contributed by atoms with van der Waals surface area (Å²) in [5.41, 5.74) is 3.31. The number of hydrogen-bond acceptors (Lipinski definition) is 10. The Bertz CT molecular complexity index is 1300. The molecule has 0 bridgehead atoms. The summed E-state index contributed by atoms with van der Waals surface area (Å²) in [4.78, 5) is 30.1. The number of nitrogens with zero attached hydrogens (tertiary/aromatic N) is 5. The Morgan fingerprint density at radius 1 is 1.10 bits per heavy atom.